The third-order valence-corrected chi connectivity index (χ3v) is 0.881. The fourth-order valence-corrected chi connectivity index (χ4v) is 0.348. The molecule has 0 bridgehead atoms. The quantitative estimate of drug-likeness (QED) is 0.228. The monoisotopic (exact) mass is 118 g/mol. The first kappa shape index (κ1) is 6.36. The van der Waals surface area contributed by atoms with E-state index in [2.05, 4.69) is 4.74 Å². The Morgan fingerprint density at radius 3 is 2.00 bits per heavy atom. The van der Waals surface area contributed by atoms with Crippen LogP contribution in [0.25, 0.3) is 0 Å². The topological polar surface area (TPSA) is 43.4 Å². The van der Waals surface area contributed by atoms with Crippen molar-refractivity contribution in [3.63, 3.8) is 0 Å². The van der Waals surface area contributed by atoms with Gasteiger partial charge in [-0.15, -0.1) is 0 Å². The van der Waals surface area contributed by atoms with Gasteiger partial charge in [0.15, 0.2) is 0 Å². The molecule has 0 radical (unpaired) electrons. The molecular formula is C3H6O3Si. The first-order valence-corrected chi connectivity index (χ1v) is 2.77. The molecule has 0 fully saturated rings. The summed E-state index contributed by atoms with van der Waals surface area (Å²) >= 11 is 0. The summed E-state index contributed by atoms with van der Waals surface area (Å²) in [6.45, 7) is 0. The van der Waals surface area contributed by atoms with Gasteiger partial charge in [0.2, 0.25) is 5.41 Å². The van der Waals surface area contributed by atoms with Crippen molar-refractivity contribution in [3.8, 4) is 0 Å². The Morgan fingerprint density at radius 2 is 2.00 bits per heavy atom. The predicted molar refractivity (Wildman–Crippen MR) is 27.0 cm³/mol. The zero-order valence-corrected chi connectivity index (χ0v) is 6.22. The molecule has 0 aliphatic carbocycles. The molecule has 0 aromatic carbocycles. The highest BCUT2D eigenvalue weighted by atomic mass is 28.1. The zero-order valence-electron chi connectivity index (χ0n) is 4.22. The summed E-state index contributed by atoms with van der Waals surface area (Å²) in [5, 5.41) is -0.428. The van der Waals surface area contributed by atoms with Crippen molar-refractivity contribution in [1.82, 2.24) is 0 Å². The van der Waals surface area contributed by atoms with Crippen LogP contribution in [0.15, 0.2) is 0 Å². The van der Waals surface area contributed by atoms with Crippen molar-refractivity contribution in [3.05, 3.63) is 0 Å². The normalized spacial score (nSPS) is 8.14. The number of carbonyl (C=O) groups is 2. The molecule has 0 aliphatic heterocycles. The second-order valence-corrected chi connectivity index (χ2v) is 1.96. The van der Waals surface area contributed by atoms with E-state index in [1.807, 2.05) is 0 Å². The number of hydrogen-bond acceptors (Lipinski definition) is 3. The molecule has 0 rings (SSSR count). The maximum atomic E-state index is 9.97. The lowest BCUT2D eigenvalue weighted by molar-refractivity contribution is -0.148. The Labute approximate surface area is 44.1 Å². The molecule has 0 aromatic heterocycles. The van der Waals surface area contributed by atoms with Crippen LogP contribution in [-0.4, -0.2) is 28.7 Å². The van der Waals surface area contributed by atoms with Crippen LogP contribution in [-0.2, 0) is 14.3 Å². The molecule has 7 heavy (non-hydrogen) atoms. The summed E-state index contributed by atoms with van der Waals surface area (Å²) in [4.78, 5) is 19.9. The van der Waals surface area contributed by atoms with Gasteiger partial charge in [0, 0.05) is 0 Å². The van der Waals surface area contributed by atoms with Gasteiger partial charge in [-0.3, -0.25) is 4.79 Å². The highest BCUT2D eigenvalue weighted by molar-refractivity contribution is 6.75. The molecule has 0 saturated heterocycles. The molecule has 0 unspecified atom stereocenters. The lowest BCUT2D eigenvalue weighted by Crippen LogP contribution is -2.14. The van der Waals surface area contributed by atoms with Crippen molar-refractivity contribution in [2.24, 2.45) is 0 Å². The van der Waals surface area contributed by atoms with Crippen molar-refractivity contribution < 1.29 is 14.3 Å². The molecule has 0 aliphatic rings. The molecule has 0 atom stereocenters. The minimum atomic E-state index is -0.730. The Morgan fingerprint density at radius 1 is 1.57 bits per heavy atom. The van der Waals surface area contributed by atoms with E-state index in [1.165, 1.54) is 7.11 Å². The number of methoxy groups -OCH3 is 1. The molecule has 3 nitrogen and oxygen atoms in total. The van der Waals surface area contributed by atoms with Crippen LogP contribution >= 0.6 is 0 Å². The van der Waals surface area contributed by atoms with Gasteiger partial charge in [-0.05, 0) is 0 Å². The van der Waals surface area contributed by atoms with Gasteiger partial charge in [0.25, 0.3) is 0 Å². The minimum Gasteiger partial charge on any atom is -0.464 e. The SMILES string of the molecule is COC(=O)C(=O)[SiH3]. The second kappa shape index (κ2) is 2.52. The summed E-state index contributed by atoms with van der Waals surface area (Å²) in [6.07, 6.45) is 0. The maximum absolute atomic E-state index is 9.97. The number of esters is 1. The van der Waals surface area contributed by atoms with E-state index >= 15 is 0 Å². The Bertz CT molecular complexity index is 98.4. The van der Waals surface area contributed by atoms with Crippen molar-refractivity contribution >= 4 is 21.6 Å². The summed E-state index contributed by atoms with van der Waals surface area (Å²) in [7, 11) is 1.44. The predicted octanol–water partition coefficient (Wildman–Crippen LogP) is -1.95. The molecule has 0 amide bonds. The van der Waals surface area contributed by atoms with Crippen LogP contribution in [0.3, 0.4) is 0 Å². The first-order chi connectivity index (χ1) is 3.18. The molecule has 0 saturated carbocycles. The van der Waals surface area contributed by atoms with E-state index in [-0.39, 0.29) is 10.2 Å². The van der Waals surface area contributed by atoms with Crippen LogP contribution < -0.4 is 0 Å². The van der Waals surface area contributed by atoms with Gasteiger partial charge in [0.05, 0.1) is 7.11 Å². The van der Waals surface area contributed by atoms with Crippen molar-refractivity contribution in [1.29, 1.82) is 0 Å². The van der Waals surface area contributed by atoms with Crippen LogP contribution in [0, 0.1) is 0 Å². The smallest absolute Gasteiger partial charge is 0.367 e. The van der Waals surface area contributed by atoms with E-state index < -0.39 is 11.4 Å². The first-order valence-electron chi connectivity index (χ1n) is 1.77. The Kier molecular flexibility index (Phi) is 2.29. The van der Waals surface area contributed by atoms with Crippen LogP contribution in [0.5, 0.6) is 0 Å². The summed E-state index contributed by atoms with van der Waals surface area (Å²) in [5.41, 5.74) is 0. The van der Waals surface area contributed by atoms with E-state index in [4.69, 9.17) is 0 Å². The fourth-order valence-electron chi connectivity index (χ4n) is 0.144. The van der Waals surface area contributed by atoms with Crippen LogP contribution in [0.2, 0.25) is 0 Å². The highest BCUT2D eigenvalue weighted by Gasteiger charge is 2.02. The van der Waals surface area contributed by atoms with Crippen molar-refractivity contribution in [2.75, 3.05) is 7.11 Å². The van der Waals surface area contributed by atoms with E-state index in [9.17, 15) is 9.59 Å². The third-order valence-electron chi connectivity index (χ3n) is 0.473. The second-order valence-electron chi connectivity index (χ2n) is 1.05. The standard InChI is InChI=1S/C3H6O3Si/c1-6-2(4)3(5)7/h1,7H3. The molecule has 0 spiro atoms. The summed E-state index contributed by atoms with van der Waals surface area (Å²) in [5.74, 6) is -0.730. The zero-order chi connectivity index (χ0) is 5.86. The Balaban J connectivity index is 3.58. The third kappa shape index (κ3) is 2.10. The molecule has 40 valence electrons. The van der Waals surface area contributed by atoms with E-state index in [0.717, 1.165) is 0 Å². The molecule has 0 aromatic rings. The summed E-state index contributed by atoms with van der Waals surface area (Å²) in [6, 6.07) is 0. The van der Waals surface area contributed by atoms with Crippen molar-refractivity contribution in [2.45, 2.75) is 0 Å². The average molecular weight is 118 g/mol. The number of rotatable bonds is 1. The van der Waals surface area contributed by atoms with E-state index in [1.54, 1.807) is 0 Å². The number of hydrogen-bond donors (Lipinski definition) is 0. The lowest BCUT2D eigenvalue weighted by Gasteiger charge is -1.87. The maximum Gasteiger partial charge on any atom is 0.367 e. The number of ether oxygens (including phenoxy) is 1. The Hall–Kier alpha value is -0.643. The molecule has 0 heterocycles. The van der Waals surface area contributed by atoms with Gasteiger partial charge in [-0.1, -0.05) is 0 Å². The van der Waals surface area contributed by atoms with Gasteiger partial charge in [0.1, 0.15) is 10.2 Å². The molecule has 4 heteroatoms. The number of carbonyl (C=O) groups excluding carboxylic acids is 2. The van der Waals surface area contributed by atoms with Crippen LogP contribution in [0.1, 0.15) is 0 Å². The van der Waals surface area contributed by atoms with Gasteiger partial charge < -0.3 is 4.74 Å². The lowest BCUT2D eigenvalue weighted by atomic mass is 10.8. The van der Waals surface area contributed by atoms with Crippen LogP contribution in [0.4, 0.5) is 0 Å². The largest absolute Gasteiger partial charge is 0.464 e. The summed E-state index contributed by atoms with van der Waals surface area (Å²) < 4.78 is 4.06. The fraction of sp³-hybridized carbons (Fsp3) is 0.333. The minimum absolute atomic E-state index is 0.249. The van der Waals surface area contributed by atoms with Gasteiger partial charge in [-0.2, -0.15) is 0 Å². The van der Waals surface area contributed by atoms with Gasteiger partial charge in [-0.25, -0.2) is 4.79 Å². The van der Waals surface area contributed by atoms with Gasteiger partial charge >= 0.3 is 5.97 Å². The molecule has 0 N–H and O–H groups in total. The molecular weight excluding hydrogens is 112 g/mol. The van der Waals surface area contributed by atoms with E-state index in [0.29, 0.717) is 0 Å². The highest BCUT2D eigenvalue weighted by Crippen LogP contribution is 1.67. The average Bonchev–Trinajstić information content (AvgIpc) is 1.65.